The second kappa shape index (κ2) is 7.07. The van der Waals surface area contributed by atoms with E-state index in [9.17, 15) is 0 Å². The van der Waals surface area contributed by atoms with Crippen LogP contribution in [0.15, 0.2) is 60.7 Å². The maximum atomic E-state index is 2.64. The zero-order chi connectivity index (χ0) is 22.0. The van der Waals surface area contributed by atoms with Crippen LogP contribution in [0.4, 0.5) is 11.4 Å². The molecule has 1 saturated carbocycles. The molecule has 3 aliphatic rings. The van der Waals surface area contributed by atoms with Crippen LogP contribution in [0.3, 0.4) is 0 Å². The quantitative estimate of drug-likeness (QED) is 0.411. The molecule has 0 aromatic heterocycles. The maximum absolute atomic E-state index is 2.64. The average Bonchev–Trinajstić information content (AvgIpc) is 3.43. The molecule has 0 spiro atoms. The number of rotatable bonds is 3. The van der Waals surface area contributed by atoms with Crippen LogP contribution < -0.4 is 4.90 Å². The predicted molar refractivity (Wildman–Crippen MR) is 137 cm³/mol. The van der Waals surface area contributed by atoms with E-state index < -0.39 is 0 Å². The van der Waals surface area contributed by atoms with Crippen molar-refractivity contribution >= 4 is 33.9 Å². The fourth-order valence-electron chi connectivity index (χ4n) is 6.86. The molecule has 0 amide bonds. The average molecular weight is 422 g/mol. The molecule has 0 N–H and O–H groups in total. The molecule has 3 aromatic carbocycles. The molecule has 2 atom stereocenters. The van der Waals surface area contributed by atoms with E-state index in [2.05, 4.69) is 104 Å². The van der Waals surface area contributed by atoms with Crippen molar-refractivity contribution in [2.45, 2.75) is 57.4 Å². The van der Waals surface area contributed by atoms with Crippen molar-refractivity contribution in [2.75, 3.05) is 18.5 Å². The van der Waals surface area contributed by atoms with Crippen LogP contribution in [0.1, 0.15) is 62.6 Å². The molecule has 2 unspecified atom stereocenters. The minimum Gasteiger partial charge on any atom is -0.368 e. The Kier molecular flexibility index (Phi) is 4.37. The third-order valence-electron chi connectivity index (χ3n) is 8.31. The molecule has 2 nitrogen and oxygen atoms in total. The van der Waals surface area contributed by atoms with E-state index in [1.165, 1.54) is 58.2 Å². The van der Waals surface area contributed by atoms with Gasteiger partial charge in [-0.05, 0) is 79.8 Å². The highest BCUT2D eigenvalue weighted by atomic mass is 15.2. The van der Waals surface area contributed by atoms with Gasteiger partial charge in [0.15, 0.2) is 5.71 Å². The molecular formula is C30H33N2+. The third kappa shape index (κ3) is 2.68. The molecule has 6 rings (SSSR count). The molecule has 3 aromatic rings. The maximum Gasteiger partial charge on any atom is 0.210 e. The van der Waals surface area contributed by atoms with Gasteiger partial charge in [-0.3, -0.25) is 0 Å². The summed E-state index contributed by atoms with van der Waals surface area (Å²) in [6.07, 6.45) is 8.75. The standard InChI is InChI=1S/C30H33N2/c1-5-32-25-12-8-11-23(25)24-19-20(13-16-26(24)32)14-18-28-30(2,3)29-22-10-7-6-9-21(22)15-17-27(29)31(28)4/h6-7,9-10,13-19,23,25H,5,8,11-12H2,1-4H3/q+1. The Balaban J connectivity index is 1.38. The largest absolute Gasteiger partial charge is 0.368 e. The van der Waals surface area contributed by atoms with E-state index in [0.717, 1.165) is 18.5 Å². The van der Waals surface area contributed by atoms with Crippen molar-refractivity contribution in [3.05, 3.63) is 77.4 Å². The van der Waals surface area contributed by atoms with Crippen molar-refractivity contribution in [1.29, 1.82) is 0 Å². The fourth-order valence-corrected chi connectivity index (χ4v) is 6.86. The van der Waals surface area contributed by atoms with Crippen LogP contribution >= 0.6 is 0 Å². The van der Waals surface area contributed by atoms with Crippen molar-refractivity contribution in [3.8, 4) is 0 Å². The van der Waals surface area contributed by atoms with E-state index in [1.807, 2.05) is 0 Å². The van der Waals surface area contributed by atoms with Gasteiger partial charge in [-0.2, -0.15) is 4.58 Å². The van der Waals surface area contributed by atoms with Gasteiger partial charge in [0.05, 0.1) is 5.41 Å². The van der Waals surface area contributed by atoms with Crippen LogP contribution in [0, 0.1) is 0 Å². The lowest BCUT2D eigenvalue weighted by atomic mass is 9.79. The molecule has 1 aliphatic carbocycles. The van der Waals surface area contributed by atoms with Gasteiger partial charge in [0.1, 0.15) is 7.05 Å². The minimum absolute atomic E-state index is 0.0340. The molecule has 0 bridgehead atoms. The molecule has 0 saturated heterocycles. The highest BCUT2D eigenvalue weighted by molar-refractivity contribution is 6.09. The van der Waals surface area contributed by atoms with Crippen LogP contribution in [0.2, 0.25) is 0 Å². The summed E-state index contributed by atoms with van der Waals surface area (Å²) in [7, 11) is 2.22. The SMILES string of the molecule is CCN1c2ccc(C=CC3=[N+](C)c4ccc5ccccc5c4C3(C)C)cc2C2CCCC21. The lowest BCUT2D eigenvalue weighted by Gasteiger charge is -2.25. The topological polar surface area (TPSA) is 6.25 Å². The molecule has 2 aliphatic heterocycles. The number of nitrogens with zero attached hydrogens (tertiary/aromatic N) is 2. The molecule has 2 heteroatoms. The Morgan fingerprint density at radius 3 is 2.72 bits per heavy atom. The van der Waals surface area contributed by atoms with Crippen molar-refractivity contribution in [1.82, 2.24) is 0 Å². The highest BCUT2D eigenvalue weighted by Gasteiger charge is 2.44. The monoisotopic (exact) mass is 421 g/mol. The number of fused-ring (bicyclic) bond motifs is 6. The van der Waals surface area contributed by atoms with E-state index in [1.54, 1.807) is 5.56 Å². The van der Waals surface area contributed by atoms with Crippen LogP contribution in [0.5, 0.6) is 0 Å². The first-order valence-electron chi connectivity index (χ1n) is 12.2. The zero-order valence-electron chi connectivity index (χ0n) is 19.7. The summed E-state index contributed by atoms with van der Waals surface area (Å²) in [6, 6.07) is 21.2. The molecular weight excluding hydrogens is 388 g/mol. The van der Waals surface area contributed by atoms with Gasteiger partial charge in [-0.15, -0.1) is 0 Å². The lowest BCUT2D eigenvalue weighted by Crippen LogP contribution is -2.30. The summed E-state index contributed by atoms with van der Waals surface area (Å²) in [6.45, 7) is 8.15. The first-order valence-corrected chi connectivity index (χ1v) is 12.2. The number of allylic oxidation sites excluding steroid dienone is 1. The second-order valence-electron chi connectivity index (χ2n) is 10.3. The highest BCUT2D eigenvalue weighted by Crippen LogP contribution is 2.49. The van der Waals surface area contributed by atoms with Crippen molar-refractivity contribution in [3.63, 3.8) is 0 Å². The van der Waals surface area contributed by atoms with Crippen LogP contribution in [0.25, 0.3) is 16.8 Å². The summed E-state index contributed by atoms with van der Waals surface area (Å²) >= 11 is 0. The van der Waals surface area contributed by atoms with Gasteiger partial charge in [-0.25, -0.2) is 0 Å². The van der Waals surface area contributed by atoms with Crippen molar-refractivity contribution in [2.24, 2.45) is 0 Å². The first-order chi connectivity index (χ1) is 15.5. The molecule has 1 fully saturated rings. The Bertz CT molecular complexity index is 1290. The number of likely N-dealkylation sites (N-methyl/N-ethyl adjacent to an activating group) is 1. The van der Waals surface area contributed by atoms with E-state index >= 15 is 0 Å². The van der Waals surface area contributed by atoms with Gasteiger partial charge in [0, 0.05) is 41.9 Å². The smallest absolute Gasteiger partial charge is 0.210 e. The van der Waals surface area contributed by atoms with Crippen molar-refractivity contribution < 1.29 is 4.58 Å². The molecule has 162 valence electrons. The number of benzene rings is 3. The zero-order valence-corrected chi connectivity index (χ0v) is 19.7. The summed E-state index contributed by atoms with van der Waals surface area (Å²) in [5, 5.41) is 2.69. The summed E-state index contributed by atoms with van der Waals surface area (Å²) in [4.78, 5) is 2.64. The fraction of sp³-hybridized carbons (Fsp3) is 0.367. The van der Waals surface area contributed by atoms with Gasteiger partial charge >= 0.3 is 0 Å². The number of anilines is 1. The second-order valence-corrected chi connectivity index (χ2v) is 10.3. The Hall–Kier alpha value is -2.87. The molecule has 32 heavy (non-hydrogen) atoms. The minimum atomic E-state index is -0.0340. The van der Waals surface area contributed by atoms with Gasteiger partial charge in [0.2, 0.25) is 5.69 Å². The predicted octanol–water partition coefficient (Wildman–Crippen LogP) is 7.04. The van der Waals surface area contributed by atoms with Crippen LogP contribution in [-0.2, 0) is 5.41 Å². The Labute approximate surface area is 191 Å². The first kappa shape index (κ1) is 19.8. The van der Waals surface area contributed by atoms with Gasteiger partial charge in [-0.1, -0.05) is 36.8 Å². The van der Waals surface area contributed by atoms with E-state index in [0.29, 0.717) is 0 Å². The lowest BCUT2D eigenvalue weighted by molar-refractivity contribution is -0.401. The number of hydrogen-bond acceptors (Lipinski definition) is 1. The van der Waals surface area contributed by atoms with Crippen LogP contribution in [-0.4, -0.2) is 29.9 Å². The number of hydrogen-bond donors (Lipinski definition) is 0. The van der Waals surface area contributed by atoms with Gasteiger partial charge in [0.25, 0.3) is 0 Å². The third-order valence-corrected chi connectivity index (χ3v) is 8.31. The summed E-state index contributed by atoms with van der Waals surface area (Å²) in [5.41, 5.74) is 8.48. The normalized spacial score (nSPS) is 23.3. The summed E-state index contributed by atoms with van der Waals surface area (Å²) in [5.74, 6) is 0.729. The molecule has 0 radical (unpaired) electrons. The summed E-state index contributed by atoms with van der Waals surface area (Å²) < 4.78 is 2.39. The van der Waals surface area contributed by atoms with Gasteiger partial charge < -0.3 is 4.90 Å². The van der Waals surface area contributed by atoms with E-state index in [4.69, 9.17) is 0 Å². The Morgan fingerprint density at radius 2 is 1.88 bits per heavy atom. The van der Waals surface area contributed by atoms with E-state index in [-0.39, 0.29) is 5.41 Å². The molecule has 2 heterocycles. The Morgan fingerprint density at radius 1 is 1.03 bits per heavy atom.